The molecule has 4 aliphatic carbocycles. The highest BCUT2D eigenvalue weighted by atomic mass is 15.0. The number of hydrogen-bond donors (Lipinski definition) is 2. The Morgan fingerprint density at radius 2 is 1.67 bits per heavy atom. The number of H-pyrrole nitrogens is 1. The van der Waals surface area contributed by atoms with Crippen LogP contribution in [-0.2, 0) is 6.42 Å². The summed E-state index contributed by atoms with van der Waals surface area (Å²) in [6.45, 7) is 1.14. The number of para-hydroxylation sites is 1. The smallest absolute Gasteiger partial charge is 0.0481 e. The predicted octanol–water partition coefficient (Wildman–Crippen LogP) is 4.96. The topological polar surface area (TPSA) is 27.8 Å². The summed E-state index contributed by atoms with van der Waals surface area (Å²) >= 11 is 0. The highest BCUT2D eigenvalue weighted by molar-refractivity contribution is 5.85. The zero-order chi connectivity index (χ0) is 15.7. The molecule has 4 fully saturated rings. The number of aromatic amines is 1. The Morgan fingerprint density at radius 3 is 2.42 bits per heavy atom. The van der Waals surface area contributed by atoms with Crippen LogP contribution in [0.5, 0.6) is 0 Å². The van der Waals surface area contributed by atoms with E-state index in [1.54, 1.807) is 24.8 Å². The lowest BCUT2D eigenvalue weighted by molar-refractivity contribution is -0.0627. The Kier molecular flexibility index (Phi) is 2.84. The fourth-order valence-corrected chi connectivity index (χ4v) is 7.41. The first-order valence-electron chi connectivity index (χ1n) is 10.1. The molecule has 0 spiro atoms. The van der Waals surface area contributed by atoms with Crippen LogP contribution in [0.3, 0.4) is 0 Å². The minimum absolute atomic E-state index is 0.553. The number of fused-ring (bicyclic) bond motifs is 3. The van der Waals surface area contributed by atoms with Crippen molar-refractivity contribution in [1.29, 1.82) is 0 Å². The van der Waals surface area contributed by atoms with Gasteiger partial charge in [0.15, 0.2) is 0 Å². The minimum Gasteiger partial charge on any atom is -0.357 e. The van der Waals surface area contributed by atoms with E-state index in [9.17, 15) is 0 Å². The maximum Gasteiger partial charge on any atom is 0.0481 e. The highest BCUT2D eigenvalue weighted by Gasteiger charge is 2.51. The van der Waals surface area contributed by atoms with Gasteiger partial charge in [-0.1, -0.05) is 18.2 Å². The van der Waals surface area contributed by atoms with Crippen molar-refractivity contribution in [2.24, 2.45) is 23.2 Å². The van der Waals surface area contributed by atoms with Crippen LogP contribution in [0.4, 0.5) is 0 Å². The number of nitrogens with one attached hydrogen (secondary N) is 2. The summed E-state index contributed by atoms with van der Waals surface area (Å²) in [6, 6.07) is 9.45. The lowest BCUT2D eigenvalue weighted by Gasteiger charge is -2.58. The summed E-state index contributed by atoms with van der Waals surface area (Å²) in [5, 5.41) is 5.34. The average molecular weight is 320 g/mol. The molecule has 5 aliphatic rings. The Hall–Kier alpha value is -1.28. The van der Waals surface area contributed by atoms with Gasteiger partial charge in [0, 0.05) is 22.6 Å². The average Bonchev–Trinajstić information content (AvgIpc) is 2.93. The van der Waals surface area contributed by atoms with Gasteiger partial charge in [-0.25, -0.2) is 0 Å². The molecular formula is C22H28N2. The standard InChI is InChI=1S/C22H28N2/c1-2-4-19-17(3-1)18-5-6-23-20(21(18)24-19)13-22-10-14-7-15(11-22)9-16(8-14)12-22/h1-4,14-16,20,23-24H,5-13H2. The van der Waals surface area contributed by atoms with Crippen LogP contribution in [0.2, 0.25) is 0 Å². The maximum absolute atomic E-state index is 3.88. The highest BCUT2D eigenvalue weighted by Crippen LogP contribution is 2.62. The largest absolute Gasteiger partial charge is 0.357 e. The van der Waals surface area contributed by atoms with Gasteiger partial charge in [-0.3, -0.25) is 0 Å². The molecule has 4 bridgehead atoms. The molecule has 0 radical (unpaired) electrons. The van der Waals surface area contributed by atoms with Crippen molar-refractivity contribution >= 4 is 10.9 Å². The molecule has 2 nitrogen and oxygen atoms in total. The maximum atomic E-state index is 3.88. The van der Waals surface area contributed by atoms with Gasteiger partial charge in [0.2, 0.25) is 0 Å². The van der Waals surface area contributed by atoms with E-state index in [1.165, 1.54) is 48.7 Å². The van der Waals surface area contributed by atoms with Gasteiger partial charge in [0.1, 0.15) is 0 Å². The molecule has 7 rings (SSSR count). The van der Waals surface area contributed by atoms with Gasteiger partial charge in [0.25, 0.3) is 0 Å². The zero-order valence-corrected chi connectivity index (χ0v) is 14.5. The third kappa shape index (κ3) is 1.98. The molecule has 1 aliphatic heterocycles. The van der Waals surface area contributed by atoms with Crippen LogP contribution in [0.25, 0.3) is 10.9 Å². The van der Waals surface area contributed by atoms with E-state index in [0.29, 0.717) is 11.5 Å². The van der Waals surface area contributed by atoms with Crippen LogP contribution >= 0.6 is 0 Å². The molecule has 2 heteroatoms. The van der Waals surface area contributed by atoms with Crippen molar-refractivity contribution in [1.82, 2.24) is 10.3 Å². The summed E-state index contributed by atoms with van der Waals surface area (Å²) in [5.41, 5.74) is 5.09. The lowest BCUT2D eigenvalue weighted by atomic mass is 9.48. The molecule has 2 aromatic rings. The van der Waals surface area contributed by atoms with Crippen LogP contribution in [0.15, 0.2) is 24.3 Å². The molecular weight excluding hydrogens is 292 g/mol. The second-order valence-corrected chi connectivity index (χ2v) is 9.44. The first-order chi connectivity index (χ1) is 11.8. The Bertz CT molecular complexity index is 751. The van der Waals surface area contributed by atoms with Gasteiger partial charge in [-0.2, -0.15) is 0 Å². The van der Waals surface area contributed by atoms with E-state index in [0.717, 1.165) is 24.3 Å². The molecule has 4 saturated carbocycles. The minimum atomic E-state index is 0.553. The molecule has 1 aromatic heterocycles. The lowest BCUT2D eigenvalue weighted by Crippen LogP contribution is -2.48. The van der Waals surface area contributed by atoms with E-state index >= 15 is 0 Å². The number of rotatable bonds is 2. The van der Waals surface area contributed by atoms with E-state index in [1.807, 2.05) is 0 Å². The van der Waals surface area contributed by atoms with E-state index in [-0.39, 0.29) is 0 Å². The summed E-state index contributed by atoms with van der Waals surface area (Å²) in [7, 11) is 0. The molecule has 2 heterocycles. The van der Waals surface area contributed by atoms with Gasteiger partial charge < -0.3 is 10.3 Å². The number of hydrogen-bond acceptors (Lipinski definition) is 1. The van der Waals surface area contributed by atoms with Gasteiger partial charge in [0.05, 0.1) is 0 Å². The monoisotopic (exact) mass is 320 g/mol. The van der Waals surface area contributed by atoms with Crippen molar-refractivity contribution < 1.29 is 0 Å². The second-order valence-electron chi connectivity index (χ2n) is 9.44. The van der Waals surface area contributed by atoms with Crippen molar-refractivity contribution in [3.63, 3.8) is 0 Å². The molecule has 0 saturated heterocycles. The SMILES string of the molecule is c1ccc2c3c([nH]c2c1)C(CC12CC4CC(CC(C4)C1)C2)NCC3. The van der Waals surface area contributed by atoms with Gasteiger partial charge in [-0.15, -0.1) is 0 Å². The molecule has 0 amide bonds. The molecule has 1 unspecified atom stereocenters. The quantitative estimate of drug-likeness (QED) is 0.804. The van der Waals surface area contributed by atoms with Crippen LogP contribution in [0.1, 0.15) is 62.2 Å². The molecule has 24 heavy (non-hydrogen) atoms. The molecule has 1 aromatic carbocycles. The predicted molar refractivity (Wildman–Crippen MR) is 98.0 cm³/mol. The van der Waals surface area contributed by atoms with Crippen LogP contribution in [-0.4, -0.2) is 11.5 Å². The van der Waals surface area contributed by atoms with Crippen molar-refractivity contribution in [2.75, 3.05) is 6.54 Å². The molecule has 2 N–H and O–H groups in total. The van der Waals surface area contributed by atoms with Crippen molar-refractivity contribution in [3.8, 4) is 0 Å². The first kappa shape index (κ1) is 13.9. The Labute approximate surface area is 144 Å². The summed E-state index contributed by atoms with van der Waals surface area (Å²) in [4.78, 5) is 3.79. The third-order valence-corrected chi connectivity index (χ3v) is 7.76. The summed E-state index contributed by atoms with van der Waals surface area (Å²) in [5.74, 6) is 3.17. The van der Waals surface area contributed by atoms with Crippen LogP contribution < -0.4 is 5.32 Å². The van der Waals surface area contributed by atoms with Crippen molar-refractivity contribution in [3.05, 3.63) is 35.5 Å². The van der Waals surface area contributed by atoms with Gasteiger partial charge >= 0.3 is 0 Å². The zero-order valence-electron chi connectivity index (χ0n) is 14.5. The first-order valence-corrected chi connectivity index (χ1v) is 10.1. The fourth-order valence-electron chi connectivity index (χ4n) is 7.41. The normalized spacial score (nSPS) is 40.2. The van der Waals surface area contributed by atoms with Crippen molar-refractivity contribution in [2.45, 2.75) is 57.4 Å². The molecule has 1 atom stereocenters. The summed E-state index contributed by atoms with van der Waals surface area (Å²) < 4.78 is 0. The Balaban J connectivity index is 1.36. The van der Waals surface area contributed by atoms with Gasteiger partial charge in [-0.05, 0) is 92.7 Å². The Morgan fingerprint density at radius 1 is 0.958 bits per heavy atom. The number of benzene rings is 1. The second kappa shape index (κ2) is 4.88. The molecule has 126 valence electrons. The van der Waals surface area contributed by atoms with E-state index in [2.05, 4.69) is 34.6 Å². The van der Waals surface area contributed by atoms with Crippen LogP contribution in [0, 0.1) is 23.2 Å². The van der Waals surface area contributed by atoms with E-state index in [4.69, 9.17) is 0 Å². The van der Waals surface area contributed by atoms with E-state index < -0.39 is 0 Å². The third-order valence-electron chi connectivity index (χ3n) is 7.76. The number of aromatic nitrogens is 1. The summed E-state index contributed by atoms with van der Waals surface area (Å²) in [6.07, 6.45) is 11.8. The fraction of sp³-hybridized carbons (Fsp3) is 0.636.